The molecule has 0 unspecified atom stereocenters. The van der Waals surface area contributed by atoms with Crippen LogP contribution in [0.25, 0.3) is 0 Å². The number of aromatic nitrogens is 2. The van der Waals surface area contributed by atoms with E-state index in [0.29, 0.717) is 24.8 Å². The van der Waals surface area contributed by atoms with Crippen molar-refractivity contribution in [2.75, 3.05) is 6.61 Å². The highest BCUT2D eigenvalue weighted by molar-refractivity contribution is 5.92. The molecule has 0 aliphatic rings. The number of nitrogens with one attached hydrogen (secondary N) is 1. The first kappa shape index (κ1) is 17.1. The highest BCUT2D eigenvalue weighted by Gasteiger charge is 2.11. The number of amides is 1. The number of hydrogen-bond donors (Lipinski definition) is 1. The lowest BCUT2D eigenvalue weighted by Gasteiger charge is -2.10. The zero-order valence-corrected chi connectivity index (χ0v) is 14.3. The van der Waals surface area contributed by atoms with Crippen LogP contribution in [0.4, 0.5) is 0 Å². The van der Waals surface area contributed by atoms with E-state index in [1.807, 2.05) is 31.2 Å². The van der Waals surface area contributed by atoms with Crippen molar-refractivity contribution in [3.8, 4) is 5.75 Å². The second-order valence-corrected chi connectivity index (χ2v) is 6.16. The number of hydrogen-bond acceptors (Lipinski definition) is 3. The van der Waals surface area contributed by atoms with Crippen LogP contribution in [0.3, 0.4) is 0 Å². The van der Waals surface area contributed by atoms with Crippen molar-refractivity contribution in [2.45, 2.75) is 33.7 Å². The monoisotopic (exact) mass is 315 g/mol. The van der Waals surface area contributed by atoms with Gasteiger partial charge in [-0.1, -0.05) is 26.0 Å². The molecule has 2 aromatic rings. The molecular formula is C18H25N3O2. The third-order valence-corrected chi connectivity index (χ3v) is 3.55. The van der Waals surface area contributed by atoms with E-state index in [1.54, 1.807) is 17.8 Å². The smallest absolute Gasteiger partial charge is 0.269 e. The van der Waals surface area contributed by atoms with Gasteiger partial charge >= 0.3 is 0 Å². The largest absolute Gasteiger partial charge is 0.494 e. The summed E-state index contributed by atoms with van der Waals surface area (Å²) in [6.45, 7) is 7.39. The second kappa shape index (κ2) is 7.81. The van der Waals surface area contributed by atoms with E-state index in [1.165, 1.54) is 0 Å². The molecule has 0 aliphatic carbocycles. The normalized spacial score (nSPS) is 10.8. The van der Waals surface area contributed by atoms with Gasteiger partial charge in [0, 0.05) is 13.6 Å². The van der Waals surface area contributed by atoms with Crippen molar-refractivity contribution in [3.63, 3.8) is 0 Å². The van der Waals surface area contributed by atoms with Gasteiger partial charge in [-0.15, -0.1) is 0 Å². The van der Waals surface area contributed by atoms with Crippen LogP contribution in [0, 0.1) is 12.8 Å². The predicted molar refractivity (Wildman–Crippen MR) is 90.5 cm³/mol. The number of rotatable bonds is 7. The zero-order chi connectivity index (χ0) is 16.8. The van der Waals surface area contributed by atoms with Crippen molar-refractivity contribution in [3.05, 3.63) is 47.3 Å². The average molecular weight is 315 g/mol. The summed E-state index contributed by atoms with van der Waals surface area (Å²) in [5.41, 5.74) is 2.41. The molecule has 1 amide bonds. The Morgan fingerprint density at radius 3 is 2.78 bits per heavy atom. The third-order valence-electron chi connectivity index (χ3n) is 3.55. The first-order chi connectivity index (χ1) is 11.0. The minimum absolute atomic E-state index is 0.126. The fourth-order valence-electron chi connectivity index (χ4n) is 2.25. The summed E-state index contributed by atoms with van der Waals surface area (Å²) < 4.78 is 7.34. The molecule has 23 heavy (non-hydrogen) atoms. The van der Waals surface area contributed by atoms with E-state index in [4.69, 9.17) is 4.74 Å². The summed E-state index contributed by atoms with van der Waals surface area (Å²) in [5, 5.41) is 7.10. The Labute approximate surface area is 137 Å². The standard InChI is InChI=1S/C18H25N3O2/c1-13(2)8-9-23-16-7-5-6-15(11-16)12-19-18(22)17-10-14(3)20-21(17)4/h5-7,10-11,13H,8-9,12H2,1-4H3,(H,19,22). The number of benzene rings is 1. The van der Waals surface area contributed by atoms with E-state index in [9.17, 15) is 4.79 Å². The maximum absolute atomic E-state index is 12.2. The molecule has 0 saturated heterocycles. The van der Waals surface area contributed by atoms with Gasteiger partial charge in [-0.25, -0.2) is 0 Å². The molecule has 0 aliphatic heterocycles. The van der Waals surface area contributed by atoms with Gasteiger partial charge in [0.2, 0.25) is 0 Å². The Bertz CT molecular complexity index is 662. The minimum atomic E-state index is -0.126. The summed E-state index contributed by atoms with van der Waals surface area (Å²) in [7, 11) is 1.77. The topological polar surface area (TPSA) is 56.1 Å². The number of carbonyl (C=O) groups excluding carboxylic acids is 1. The van der Waals surface area contributed by atoms with Crippen molar-refractivity contribution in [1.29, 1.82) is 0 Å². The Kier molecular flexibility index (Phi) is 5.79. The SMILES string of the molecule is Cc1cc(C(=O)NCc2cccc(OCCC(C)C)c2)n(C)n1. The Morgan fingerprint density at radius 1 is 1.35 bits per heavy atom. The van der Waals surface area contributed by atoms with Gasteiger partial charge in [0.1, 0.15) is 11.4 Å². The average Bonchev–Trinajstić information content (AvgIpc) is 2.84. The molecule has 0 bridgehead atoms. The summed E-state index contributed by atoms with van der Waals surface area (Å²) in [6, 6.07) is 9.61. The van der Waals surface area contributed by atoms with E-state index in [0.717, 1.165) is 23.4 Å². The molecule has 5 nitrogen and oxygen atoms in total. The molecule has 124 valence electrons. The van der Waals surface area contributed by atoms with Crippen LogP contribution in [-0.4, -0.2) is 22.3 Å². The lowest BCUT2D eigenvalue weighted by Crippen LogP contribution is -2.25. The number of nitrogens with zero attached hydrogens (tertiary/aromatic N) is 2. The molecule has 0 radical (unpaired) electrons. The van der Waals surface area contributed by atoms with E-state index in [2.05, 4.69) is 24.3 Å². The molecule has 0 saturated carbocycles. The Morgan fingerprint density at radius 2 is 2.13 bits per heavy atom. The number of ether oxygens (including phenoxy) is 1. The summed E-state index contributed by atoms with van der Waals surface area (Å²) in [5.74, 6) is 1.34. The molecule has 1 aromatic carbocycles. The molecule has 2 rings (SSSR count). The fourth-order valence-corrected chi connectivity index (χ4v) is 2.25. The van der Waals surface area contributed by atoms with Gasteiger partial charge in [0.15, 0.2) is 0 Å². The summed E-state index contributed by atoms with van der Waals surface area (Å²) in [6.07, 6.45) is 1.03. The lowest BCUT2D eigenvalue weighted by atomic mass is 10.1. The molecule has 0 atom stereocenters. The van der Waals surface area contributed by atoms with E-state index < -0.39 is 0 Å². The van der Waals surface area contributed by atoms with E-state index in [-0.39, 0.29) is 5.91 Å². The predicted octanol–water partition coefficient (Wildman–Crippen LogP) is 3.08. The quantitative estimate of drug-likeness (QED) is 0.854. The maximum Gasteiger partial charge on any atom is 0.269 e. The molecule has 5 heteroatoms. The van der Waals surface area contributed by atoms with Crippen LogP contribution in [0.15, 0.2) is 30.3 Å². The molecule has 1 aromatic heterocycles. The van der Waals surface area contributed by atoms with Crippen LogP contribution >= 0.6 is 0 Å². The highest BCUT2D eigenvalue weighted by atomic mass is 16.5. The van der Waals surface area contributed by atoms with Crippen LogP contribution in [0.1, 0.15) is 42.0 Å². The highest BCUT2D eigenvalue weighted by Crippen LogP contribution is 2.14. The van der Waals surface area contributed by atoms with Gasteiger partial charge in [0.05, 0.1) is 12.3 Å². The van der Waals surface area contributed by atoms with Crippen molar-refractivity contribution in [2.24, 2.45) is 13.0 Å². The first-order valence-corrected chi connectivity index (χ1v) is 7.96. The molecule has 1 N–H and O–H groups in total. The van der Waals surface area contributed by atoms with Crippen LogP contribution < -0.4 is 10.1 Å². The minimum Gasteiger partial charge on any atom is -0.494 e. The zero-order valence-electron chi connectivity index (χ0n) is 14.3. The maximum atomic E-state index is 12.2. The van der Waals surface area contributed by atoms with Gasteiger partial charge in [0.25, 0.3) is 5.91 Å². The lowest BCUT2D eigenvalue weighted by molar-refractivity contribution is 0.0941. The van der Waals surface area contributed by atoms with Crippen LogP contribution in [0.2, 0.25) is 0 Å². The van der Waals surface area contributed by atoms with Crippen molar-refractivity contribution < 1.29 is 9.53 Å². The van der Waals surface area contributed by atoms with Crippen molar-refractivity contribution in [1.82, 2.24) is 15.1 Å². The van der Waals surface area contributed by atoms with Crippen molar-refractivity contribution >= 4 is 5.91 Å². The molecular weight excluding hydrogens is 290 g/mol. The number of aryl methyl sites for hydroxylation is 2. The van der Waals surface area contributed by atoms with Gasteiger partial charge in [-0.3, -0.25) is 9.48 Å². The summed E-state index contributed by atoms with van der Waals surface area (Å²) >= 11 is 0. The molecule has 1 heterocycles. The molecule has 0 spiro atoms. The fraction of sp³-hybridized carbons (Fsp3) is 0.444. The number of carbonyl (C=O) groups is 1. The summed E-state index contributed by atoms with van der Waals surface area (Å²) in [4.78, 5) is 12.2. The molecule has 0 fully saturated rings. The Hall–Kier alpha value is -2.30. The second-order valence-electron chi connectivity index (χ2n) is 6.16. The van der Waals surface area contributed by atoms with Crippen LogP contribution in [-0.2, 0) is 13.6 Å². The van der Waals surface area contributed by atoms with Crippen LogP contribution in [0.5, 0.6) is 5.75 Å². The first-order valence-electron chi connectivity index (χ1n) is 7.96. The van der Waals surface area contributed by atoms with Gasteiger partial charge in [-0.2, -0.15) is 5.10 Å². The van der Waals surface area contributed by atoms with Gasteiger partial charge in [-0.05, 0) is 43.0 Å². The van der Waals surface area contributed by atoms with E-state index >= 15 is 0 Å². The third kappa shape index (κ3) is 5.13. The van der Waals surface area contributed by atoms with Gasteiger partial charge < -0.3 is 10.1 Å². The Balaban J connectivity index is 1.90.